The number of ether oxygens (including phenoxy) is 1. The molecule has 0 saturated carbocycles. The van der Waals surface area contributed by atoms with E-state index in [1.54, 1.807) is 12.4 Å². The van der Waals surface area contributed by atoms with Crippen LogP contribution in [0, 0.1) is 0 Å². The molecular weight excluding hydrogens is 385 g/mol. The molecule has 3 rings (SSSR count). The van der Waals surface area contributed by atoms with E-state index in [0.29, 0.717) is 44.3 Å². The predicted octanol–water partition coefficient (Wildman–Crippen LogP) is 2.86. The van der Waals surface area contributed by atoms with Crippen molar-refractivity contribution in [2.75, 3.05) is 26.2 Å². The number of rotatable bonds is 5. The van der Waals surface area contributed by atoms with Gasteiger partial charge in [-0.3, -0.25) is 0 Å². The van der Waals surface area contributed by atoms with Crippen LogP contribution in [0.3, 0.4) is 0 Å². The SMILES string of the molecule is CCNC(=NCc1nncn1CC)N1CCOC(c2cccc(C(F)(F)F)c2)C1. The molecule has 0 aliphatic carbocycles. The fourth-order valence-corrected chi connectivity index (χ4v) is 3.20. The first-order valence-corrected chi connectivity index (χ1v) is 9.61. The van der Waals surface area contributed by atoms with E-state index in [-0.39, 0.29) is 0 Å². The van der Waals surface area contributed by atoms with Crippen LogP contribution >= 0.6 is 0 Å². The highest BCUT2D eigenvalue weighted by atomic mass is 19.4. The highest BCUT2D eigenvalue weighted by Crippen LogP contribution is 2.32. The van der Waals surface area contributed by atoms with Crippen LogP contribution in [0.1, 0.15) is 36.9 Å². The molecule has 1 atom stereocenters. The Labute approximate surface area is 167 Å². The Balaban J connectivity index is 1.76. The first-order valence-electron chi connectivity index (χ1n) is 9.61. The molecule has 2 aromatic rings. The number of nitrogens with one attached hydrogen (secondary N) is 1. The summed E-state index contributed by atoms with van der Waals surface area (Å²) in [5, 5.41) is 11.2. The lowest BCUT2D eigenvalue weighted by Gasteiger charge is -2.35. The van der Waals surface area contributed by atoms with Crippen molar-refractivity contribution in [1.29, 1.82) is 0 Å². The van der Waals surface area contributed by atoms with Crippen LogP contribution in [0.5, 0.6) is 0 Å². The lowest BCUT2D eigenvalue weighted by molar-refractivity contribution is -0.137. The summed E-state index contributed by atoms with van der Waals surface area (Å²) < 4.78 is 46.8. The van der Waals surface area contributed by atoms with E-state index in [9.17, 15) is 13.2 Å². The first kappa shape index (κ1) is 21.1. The largest absolute Gasteiger partial charge is 0.416 e. The zero-order valence-electron chi connectivity index (χ0n) is 16.5. The monoisotopic (exact) mass is 410 g/mol. The van der Waals surface area contributed by atoms with Crippen molar-refractivity contribution >= 4 is 5.96 Å². The Morgan fingerprint density at radius 3 is 2.90 bits per heavy atom. The van der Waals surface area contributed by atoms with Crippen LogP contribution < -0.4 is 5.32 Å². The van der Waals surface area contributed by atoms with E-state index in [0.717, 1.165) is 24.5 Å². The second-order valence-corrected chi connectivity index (χ2v) is 6.63. The van der Waals surface area contributed by atoms with Gasteiger partial charge in [-0.05, 0) is 31.5 Å². The molecule has 0 amide bonds. The van der Waals surface area contributed by atoms with Gasteiger partial charge in [-0.2, -0.15) is 13.2 Å². The number of hydrogen-bond donors (Lipinski definition) is 1. The Kier molecular flexibility index (Phi) is 6.73. The molecule has 0 bridgehead atoms. The molecule has 0 radical (unpaired) electrons. The van der Waals surface area contributed by atoms with Crippen molar-refractivity contribution in [1.82, 2.24) is 25.0 Å². The Hall–Kier alpha value is -2.62. The second-order valence-electron chi connectivity index (χ2n) is 6.63. The standard InChI is InChI=1S/C19H25F3N6O/c1-3-23-18(24-11-17-26-25-13-27(17)4-2)28-8-9-29-16(12-28)14-6-5-7-15(10-14)19(20,21)22/h5-7,10,13,16H,3-4,8-9,11-12H2,1-2H3,(H,23,24). The summed E-state index contributed by atoms with van der Waals surface area (Å²) >= 11 is 0. The summed E-state index contributed by atoms with van der Waals surface area (Å²) in [5.41, 5.74) is -0.165. The number of nitrogens with zero attached hydrogens (tertiary/aromatic N) is 5. The maximum Gasteiger partial charge on any atom is 0.416 e. The highest BCUT2D eigenvalue weighted by Gasteiger charge is 2.32. The maximum absolute atomic E-state index is 13.0. The number of hydrogen-bond acceptors (Lipinski definition) is 4. The third-order valence-corrected chi connectivity index (χ3v) is 4.69. The molecule has 1 aromatic carbocycles. The predicted molar refractivity (Wildman–Crippen MR) is 102 cm³/mol. The van der Waals surface area contributed by atoms with Gasteiger partial charge >= 0.3 is 6.18 Å². The zero-order valence-corrected chi connectivity index (χ0v) is 16.5. The molecule has 1 fully saturated rings. The smallest absolute Gasteiger partial charge is 0.370 e. The first-order chi connectivity index (χ1) is 13.9. The minimum atomic E-state index is -4.38. The summed E-state index contributed by atoms with van der Waals surface area (Å²) in [4.78, 5) is 6.65. The van der Waals surface area contributed by atoms with Crippen LogP contribution in [-0.2, 0) is 24.0 Å². The molecule has 1 N–H and O–H groups in total. The van der Waals surface area contributed by atoms with E-state index >= 15 is 0 Å². The van der Waals surface area contributed by atoms with Gasteiger partial charge in [0, 0.05) is 19.6 Å². The van der Waals surface area contributed by atoms with Gasteiger partial charge in [0.05, 0.1) is 18.7 Å². The van der Waals surface area contributed by atoms with Crippen molar-refractivity contribution in [2.45, 2.75) is 39.2 Å². The van der Waals surface area contributed by atoms with Crippen molar-refractivity contribution < 1.29 is 17.9 Å². The van der Waals surface area contributed by atoms with E-state index in [1.165, 1.54) is 6.07 Å². The molecule has 1 unspecified atom stereocenters. The number of halogens is 3. The average molecular weight is 410 g/mol. The van der Waals surface area contributed by atoms with Crippen molar-refractivity contribution in [3.05, 3.63) is 47.5 Å². The zero-order chi connectivity index (χ0) is 20.9. The molecule has 7 nitrogen and oxygen atoms in total. The van der Waals surface area contributed by atoms with Crippen LogP contribution in [-0.4, -0.2) is 51.9 Å². The minimum Gasteiger partial charge on any atom is -0.370 e. The molecule has 158 valence electrons. The molecule has 10 heteroatoms. The molecule has 1 aromatic heterocycles. The summed E-state index contributed by atoms with van der Waals surface area (Å²) in [5.74, 6) is 1.43. The molecule has 1 aliphatic heterocycles. The van der Waals surface area contributed by atoms with Crippen LogP contribution in [0.2, 0.25) is 0 Å². The topological polar surface area (TPSA) is 67.6 Å². The molecule has 1 aliphatic rings. The van der Waals surface area contributed by atoms with Crippen molar-refractivity contribution in [3.63, 3.8) is 0 Å². The summed E-state index contributed by atoms with van der Waals surface area (Å²) in [7, 11) is 0. The number of alkyl halides is 3. The quantitative estimate of drug-likeness (QED) is 0.607. The minimum absolute atomic E-state index is 0.363. The number of benzene rings is 1. The highest BCUT2D eigenvalue weighted by molar-refractivity contribution is 5.80. The van der Waals surface area contributed by atoms with Gasteiger partial charge in [0.25, 0.3) is 0 Å². The normalized spacial score (nSPS) is 18.2. The summed E-state index contributed by atoms with van der Waals surface area (Å²) in [6, 6.07) is 5.30. The summed E-state index contributed by atoms with van der Waals surface area (Å²) in [6.45, 7) is 7.17. The molecule has 2 heterocycles. The van der Waals surface area contributed by atoms with Crippen molar-refractivity contribution in [3.8, 4) is 0 Å². The third-order valence-electron chi connectivity index (χ3n) is 4.69. The number of aromatic nitrogens is 3. The van der Waals surface area contributed by atoms with Gasteiger partial charge < -0.3 is 19.5 Å². The van der Waals surface area contributed by atoms with Crippen LogP contribution in [0.15, 0.2) is 35.6 Å². The number of guanidine groups is 1. The fraction of sp³-hybridized carbons (Fsp3) is 0.526. The van der Waals surface area contributed by atoms with Gasteiger partial charge in [-0.25, -0.2) is 4.99 Å². The number of morpholine rings is 1. The summed E-state index contributed by atoms with van der Waals surface area (Å²) in [6.07, 6.45) is -3.18. The molecule has 1 saturated heterocycles. The van der Waals surface area contributed by atoms with Gasteiger partial charge in [0.15, 0.2) is 11.8 Å². The van der Waals surface area contributed by atoms with Crippen LogP contribution in [0.25, 0.3) is 0 Å². The Morgan fingerprint density at radius 1 is 1.34 bits per heavy atom. The third kappa shape index (κ3) is 5.26. The Morgan fingerprint density at radius 2 is 2.17 bits per heavy atom. The van der Waals surface area contributed by atoms with Gasteiger partial charge in [-0.1, -0.05) is 12.1 Å². The lowest BCUT2D eigenvalue weighted by Crippen LogP contribution is -2.48. The van der Waals surface area contributed by atoms with E-state index in [4.69, 9.17) is 4.74 Å². The average Bonchev–Trinajstić information content (AvgIpc) is 3.18. The second kappa shape index (κ2) is 9.25. The molecule has 29 heavy (non-hydrogen) atoms. The number of aliphatic imine (C=N–C) groups is 1. The van der Waals surface area contributed by atoms with Crippen molar-refractivity contribution in [2.24, 2.45) is 4.99 Å². The lowest BCUT2D eigenvalue weighted by atomic mass is 10.0. The Bertz CT molecular complexity index is 835. The van der Waals surface area contributed by atoms with E-state index < -0.39 is 17.8 Å². The fourth-order valence-electron chi connectivity index (χ4n) is 3.20. The van der Waals surface area contributed by atoms with Gasteiger partial charge in [0.1, 0.15) is 19.0 Å². The van der Waals surface area contributed by atoms with E-state index in [1.807, 2.05) is 23.3 Å². The van der Waals surface area contributed by atoms with E-state index in [2.05, 4.69) is 20.5 Å². The number of aryl methyl sites for hydroxylation is 1. The van der Waals surface area contributed by atoms with Gasteiger partial charge in [0.2, 0.25) is 0 Å². The van der Waals surface area contributed by atoms with Gasteiger partial charge in [-0.15, -0.1) is 10.2 Å². The maximum atomic E-state index is 13.0. The molecule has 0 spiro atoms. The molecular formula is C19H25F3N6O. The van der Waals surface area contributed by atoms with Crippen LogP contribution in [0.4, 0.5) is 13.2 Å².